The molecule has 22 heteroatoms. The molecule has 0 unspecified atom stereocenters. The smallest absolute Gasteiger partial charge is 0.298 e. The van der Waals surface area contributed by atoms with Crippen LogP contribution in [-0.4, -0.2) is 66.8 Å². The monoisotopic (exact) mass is 905 g/mol. The highest BCUT2D eigenvalue weighted by molar-refractivity contribution is 7.87. The lowest BCUT2D eigenvalue weighted by Gasteiger charge is -2.08. The largest absolute Gasteiger partial charge is 0.361 e. The van der Waals surface area contributed by atoms with E-state index in [0.717, 1.165) is 29.0 Å². The second-order valence-electron chi connectivity index (χ2n) is 13.1. The van der Waals surface area contributed by atoms with E-state index in [2.05, 4.69) is 15.0 Å². The highest BCUT2D eigenvalue weighted by Gasteiger charge is 2.26. The van der Waals surface area contributed by atoms with Crippen LogP contribution in [0.2, 0.25) is 0 Å². The van der Waals surface area contributed by atoms with Gasteiger partial charge in [-0.25, -0.2) is 0 Å². The van der Waals surface area contributed by atoms with Gasteiger partial charge in [-0.05, 0) is 64.0 Å². The SMILES string of the molecule is O=c1c(S(=O)(=O)O)cc(S(=O)(=O)O)c2ccc3ccc[nH]c3c12.O=c1c(S(=O)(=O)O)ccc2ccc3ccc[nH]c3c12.O=c1ccc(S(=O)(=O)O)c2ccc3ccc[nH]c3c12. The maximum atomic E-state index is 12.4. The van der Waals surface area contributed by atoms with Crippen LogP contribution in [0.3, 0.4) is 0 Å². The quantitative estimate of drug-likeness (QED) is 0.0900. The van der Waals surface area contributed by atoms with Gasteiger partial charge in [-0.3, -0.25) is 32.6 Å². The highest BCUT2D eigenvalue weighted by Crippen LogP contribution is 2.29. The van der Waals surface area contributed by atoms with Crippen molar-refractivity contribution in [2.24, 2.45) is 0 Å². The van der Waals surface area contributed by atoms with Gasteiger partial charge in [-0.1, -0.05) is 60.7 Å². The topological polar surface area (TPSA) is 316 Å². The lowest BCUT2D eigenvalue weighted by molar-refractivity contribution is 0.478. The number of hydrogen-bond acceptors (Lipinski definition) is 11. The molecule has 0 radical (unpaired) electrons. The molecule has 0 aliphatic rings. The van der Waals surface area contributed by atoms with E-state index < -0.39 is 66.0 Å². The molecule has 0 fully saturated rings. The third-order valence-corrected chi connectivity index (χ3v) is 12.9. The lowest BCUT2D eigenvalue weighted by Crippen LogP contribution is -2.17. The zero-order chi connectivity index (χ0) is 44.2. The number of nitrogens with one attached hydrogen (secondary N) is 3. The van der Waals surface area contributed by atoms with Crippen LogP contribution in [0.1, 0.15) is 0 Å². The molecule has 61 heavy (non-hydrogen) atoms. The summed E-state index contributed by atoms with van der Waals surface area (Å²) in [5.74, 6) is 0. The maximum Gasteiger partial charge on any atom is 0.298 e. The van der Waals surface area contributed by atoms with E-state index in [4.69, 9.17) is 4.55 Å². The molecule has 7 N–H and O–H groups in total. The normalized spacial score (nSPS) is 12.3. The molecule has 0 spiro atoms. The molecule has 0 bridgehead atoms. The molecule has 9 aromatic rings. The Bertz CT molecular complexity index is 3920. The Kier molecular flexibility index (Phi) is 10.8. The maximum absolute atomic E-state index is 12.4. The number of fused-ring (bicyclic) bond motifs is 9. The van der Waals surface area contributed by atoms with E-state index in [-0.39, 0.29) is 42.8 Å². The first-order chi connectivity index (χ1) is 28.6. The first-order valence-electron chi connectivity index (χ1n) is 17.1. The van der Waals surface area contributed by atoms with Crippen molar-refractivity contribution >= 4 is 105 Å². The van der Waals surface area contributed by atoms with E-state index in [1.807, 2.05) is 18.2 Å². The minimum absolute atomic E-state index is 0.153. The predicted octanol–water partition coefficient (Wildman–Crippen LogP) is 5.03. The summed E-state index contributed by atoms with van der Waals surface area (Å²) in [7, 11) is -18.7. The zero-order valence-electron chi connectivity index (χ0n) is 30.5. The van der Waals surface area contributed by atoms with Gasteiger partial charge in [-0.15, -0.1) is 0 Å². The molecule has 3 heterocycles. The van der Waals surface area contributed by atoms with E-state index in [1.54, 1.807) is 48.8 Å². The summed E-state index contributed by atoms with van der Waals surface area (Å²) in [6.45, 7) is 0. The van der Waals surface area contributed by atoms with Gasteiger partial charge in [0.25, 0.3) is 40.5 Å². The number of pyridine rings is 3. The molecule has 0 saturated carbocycles. The first-order valence-corrected chi connectivity index (χ1v) is 22.9. The van der Waals surface area contributed by atoms with Crippen LogP contribution in [0.4, 0.5) is 0 Å². The Labute approximate surface area is 342 Å². The summed E-state index contributed by atoms with van der Waals surface area (Å²) in [5, 5.41) is 3.04. The van der Waals surface area contributed by atoms with Gasteiger partial charge in [0, 0.05) is 29.4 Å². The van der Waals surface area contributed by atoms with Crippen LogP contribution in [0.15, 0.2) is 156 Å². The van der Waals surface area contributed by atoms with Gasteiger partial charge in [0.1, 0.15) is 19.6 Å². The van der Waals surface area contributed by atoms with Crippen LogP contribution in [-0.2, 0) is 40.5 Å². The molecule has 0 amide bonds. The van der Waals surface area contributed by atoms with Crippen molar-refractivity contribution in [3.8, 4) is 0 Å². The number of H-pyrrole nitrogens is 3. The van der Waals surface area contributed by atoms with Gasteiger partial charge < -0.3 is 15.0 Å². The molecule has 0 saturated heterocycles. The van der Waals surface area contributed by atoms with Crippen LogP contribution < -0.4 is 16.3 Å². The molecule has 0 aliphatic carbocycles. The summed E-state index contributed by atoms with van der Waals surface area (Å²) in [4.78, 5) is 42.5. The van der Waals surface area contributed by atoms with Crippen molar-refractivity contribution in [3.05, 3.63) is 152 Å². The fraction of sp³-hybridized carbons (Fsp3) is 0. The predicted molar refractivity (Wildman–Crippen MR) is 225 cm³/mol. The summed E-state index contributed by atoms with van der Waals surface area (Å²) in [6.07, 6.45) is 4.77. The summed E-state index contributed by atoms with van der Waals surface area (Å²) < 4.78 is 128. The van der Waals surface area contributed by atoms with Crippen molar-refractivity contribution < 1.29 is 51.9 Å². The first kappa shape index (κ1) is 42.5. The van der Waals surface area contributed by atoms with Crippen LogP contribution in [0.5, 0.6) is 0 Å². The summed E-state index contributed by atoms with van der Waals surface area (Å²) in [6, 6.07) is 25.4. The van der Waals surface area contributed by atoms with Crippen molar-refractivity contribution in [2.45, 2.75) is 19.6 Å². The Balaban J connectivity index is 0.000000139. The summed E-state index contributed by atoms with van der Waals surface area (Å²) in [5.41, 5.74) is -0.775. The minimum Gasteiger partial charge on any atom is -0.361 e. The Hall–Kier alpha value is -6.63. The van der Waals surface area contributed by atoms with E-state index in [0.29, 0.717) is 27.9 Å². The van der Waals surface area contributed by atoms with Gasteiger partial charge in [0.2, 0.25) is 10.9 Å². The standard InChI is InChI=1S/C13H9NO7S2.2C13H9NO4S/c15-13-10(23(19,20)21)6-9(22(16,17)18)8-4-3-7-2-1-5-14-12(7)11(8)13;15-13-10(19(16,17)18)6-5-8-3-4-9-2-1-7-14-12(9)11(8)13;15-10-5-6-11(19(16,17)18)9-4-3-8-2-1-7-14-13(8)12(9)10/h1-6,14H,(H,16,17,18)(H,19,20,21);2*1-7,14H,(H,16,17,18). The van der Waals surface area contributed by atoms with Gasteiger partial charge in [0.05, 0.1) is 32.7 Å². The van der Waals surface area contributed by atoms with Gasteiger partial charge in [0.15, 0.2) is 5.43 Å². The molecule has 6 aromatic carbocycles. The lowest BCUT2D eigenvalue weighted by atomic mass is 10.1. The molecule has 0 atom stereocenters. The number of aromatic amines is 3. The second kappa shape index (κ2) is 15.4. The minimum atomic E-state index is -4.98. The molecule has 3 aromatic heterocycles. The molecule has 312 valence electrons. The summed E-state index contributed by atoms with van der Waals surface area (Å²) >= 11 is 0. The van der Waals surface area contributed by atoms with Crippen molar-refractivity contribution in [2.75, 3.05) is 0 Å². The Morgan fingerprint density at radius 1 is 0.361 bits per heavy atom. The molecular weight excluding hydrogens is 879 g/mol. The number of aromatic nitrogens is 3. The highest BCUT2D eigenvalue weighted by atomic mass is 32.2. The average molecular weight is 906 g/mol. The van der Waals surface area contributed by atoms with Gasteiger partial charge in [-0.2, -0.15) is 33.7 Å². The van der Waals surface area contributed by atoms with E-state index >= 15 is 0 Å². The number of rotatable bonds is 4. The molecule has 9 rings (SSSR count). The number of hydrogen-bond donors (Lipinski definition) is 7. The third-order valence-electron chi connectivity index (χ3n) is 9.40. The van der Waals surface area contributed by atoms with Crippen molar-refractivity contribution in [3.63, 3.8) is 0 Å². The van der Waals surface area contributed by atoms with Crippen molar-refractivity contribution in [1.82, 2.24) is 15.0 Å². The Morgan fingerprint density at radius 3 is 1.23 bits per heavy atom. The van der Waals surface area contributed by atoms with Crippen LogP contribution in [0.25, 0.3) is 65.0 Å². The average Bonchev–Trinajstić information content (AvgIpc) is 3.19. The van der Waals surface area contributed by atoms with Crippen LogP contribution in [0, 0.1) is 0 Å². The fourth-order valence-electron chi connectivity index (χ4n) is 6.80. The number of benzene rings is 6. The molecule has 0 aliphatic heterocycles. The molecular formula is C39H27N3O15S4. The van der Waals surface area contributed by atoms with Crippen molar-refractivity contribution in [1.29, 1.82) is 0 Å². The van der Waals surface area contributed by atoms with E-state index in [1.165, 1.54) is 30.5 Å². The van der Waals surface area contributed by atoms with E-state index in [9.17, 15) is 61.7 Å². The third kappa shape index (κ3) is 8.16. The second-order valence-corrected chi connectivity index (χ2v) is 18.7. The van der Waals surface area contributed by atoms with Gasteiger partial charge >= 0.3 is 0 Å². The zero-order valence-corrected chi connectivity index (χ0v) is 33.7. The van der Waals surface area contributed by atoms with Crippen LogP contribution >= 0.6 is 0 Å². The molecule has 18 nitrogen and oxygen atoms in total. The Morgan fingerprint density at radius 2 is 0.738 bits per heavy atom. The fourth-order valence-corrected chi connectivity index (χ4v) is 9.46.